The standard InChI is InChI=1S/C28H31N3O5/c1-18(20-7-8-20)30(14-19-5-3-2-4-6-19)25(32)15-31-26(33)28(36-27(31)34)12-11-21-13-22(9-10-24(21)28)29-23-16-35-17-23/h2-6,9-10,13,18,20,23,29H,7-8,11-12,14-17H2,1H3/t18-,28?/m0/s1. The van der Waals surface area contributed by atoms with Crippen LogP contribution in [0.2, 0.25) is 0 Å². The molecule has 1 saturated carbocycles. The molecule has 1 N–H and O–H groups in total. The maximum absolute atomic E-state index is 13.6. The Bertz CT molecular complexity index is 1190. The normalized spacial score (nSPS) is 23.9. The molecule has 1 spiro atoms. The van der Waals surface area contributed by atoms with Gasteiger partial charge in [0.05, 0.1) is 19.3 Å². The van der Waals surface area contributed by atoms with Gasteiger partial charge in [-0.05, 0) is 55.4 Å². The maximum Gasteiger partial charge on any atom is 0.418 e. The molecule has 8 heteroatoms. The minimum Gasteiger partial charge on any atom is -0.427 e. The molecule has 2 aromatic carbocycles. The Labute approximate surface area is 210 Å². The number of aryl methyl sites for hydroxylation is 1. The van der Waals surface area contributed by atoms with Crippen LogP contribution in [0.5, 0.6) is 0 Å². The SMILES string of the molecule is C[C@@H](C1CC1)N(Cc1ccccc1)C(=O)CN1C(=O)OC2(CCc3cc(NC4COC4)ccc32)C1=O. The van der Waals surface area contributed by atoms with Gasteiger partial charge >= 0.3 is 6.09 Å². The van der Waals surface area contributed by atoms with Gasteiger partial charge in [-0.3, -0.25) is 9.59 Å². The van der Waals surface area contributed by atoms with E-state index in [0.717, 1.165) is 40.1 Å². The van der Waals surface area contributed by atoms with E-state index in [9.17, 15) is 14.4 Å². The molecule has 1 unspecified atom stereocenters. The van der Waals surface area contributed by atoms with Crippen LogP contribution in [0.15, 0.2) is 48.5 Å². The van der Waals surface area contributed by atoms with E-state index in [1.54, 1.807) is 0 Å². The van der Waals surface area contributed by atoms with Crippen molar-refractivity contribution in [3.05, 3.63) is 65.2 Å². The van der Waals surface area contributed by atoms with Crippen molar-refractivity contribution in [2.24, 2.45) is 5.92 Å². The highest BCUT2D eigenvalue weighted by Crippen LogP contribution is 2.46. The van der Waals surface area contributed by atoms with Crippen molar-refractivity contribution in [1.29, 1.82) is 0 Å². The molecule has 3 fully saturated rings. The van der Waals surface area contributed by atoms with Crippen LogP contribution in [0.3, 0.4) is 0 Å². The molecule has 2 atom stereocenters. The number of hydrogen-bond donors (Lipinski definition) is 1. The number of carbonyl (C=O) groups excluding carboxylic acids is 3. The molecule has 2 aromatic rings. The molecular weight excluding hydrogens is 458 g/mol. The summed E-state index contributed by atoms with van der Waals surface area (Å²) in [6.07, 6.45) is 2.46. The zero-order valence-corrected chi connectivity index (χ0v) is 20.4. The highest BCUT2D eigenvalue weighted by atomic mass is 16.6. The first-order valence-corrected chi connectivity index (χ1v) is 12.8. The predicted molar refractivity (Wildman–Crippen MR) is 132 cm³/mol. The van der Waals surface area contributed by atoms with Crippen LogP contribution in [0.25, 0.3) is 0 Å². The fraction of sp³-hybridized carbons (Fsp3) is 0.464. The Hall–Kier alpha value is -3.39. The van der Waals surface area contributed by atoms with Crippen LogP contribution in [0, 0.1) is 5.92 Å². The number of ether oxygens (including phenoxy) is 2. The van der Waals surface area contributed by atoms with E-state index in [1.165, 1.54) is 0 Å². The highest BCUT2D eigenvalue weighted by Gasteiger charge is 2.58. The molecule has 2 saturated heterocycles. The highest BCUT2D eigenvalue weighted by molar-refractivity contribution is 6.06. The van der Waals surface area contributed by atoms with E-state index in [2.05, 4.69) is 12.2 Å². The minimum absolute atomic E-state index is 0.0413. The molecular formula is C28H31N3O5. The van der Waals surface area contributed by atoms with Crippen LogP contribution >= 0.6 is 0 Å². The van der Waals surface area contributed by atoms with Gasteiger partial charge in [0, 0.05) is 30.3 Å². The van der Waals surface area contributed by atoms with Crippen molar-refractivity contribution in [2.75, 3.05) is 25.1 Å². The van der Waals surface area contributed by atoms with Gasteiger partial charge in [0.25, 0.3) is 5.91 Å². The third-order valence-corrected chi connectivity index (χ3v) is 7.97. The minimum atomic E-state index is -1.34. The van der Waals surface area contributed by atoms with Crippen molar-refractivity contribution in [1.82, 2.24) is 9.80 Å². The van der Waals surface area contributed by atoms with E-state index >= 15 is 0 Å². The zero-order chi connectivity index (χ0) is 24.9. The number of fused-ring (bicyclic) bond motifs is 2. The van der Waals surface area contributed by atoms with Gasteiger partial charge < -0.3 is 19.7 Å². The van der Waals surface area contributed by atoms with E-state index in [4.69, 9.17) is 9.47 Å². The first-order chi connectivity index (χ1) is 17.4. The fourth-order valence-electron chi connectivity index (χ4n) is 5.60. The molecule has 2 heterocycles. The van der Waals surface area contributed by atoms with Gasteiger partial charge in [-0.25, -0.2) is 9.69 Å². The van der Waals surface area contributed by atoms with Crippen molar-refractivity contribution >= 4 is 23.6 Å². The monoisotopic (exact) mass is 489 g/mol. The van der Waals surface area contributed by atoms with Crippen molar-refractivity contribution in [2.45, 2.75) is 56.8 Å². The molecule has 36 heavy (non-hydrogen) atoms. The number of anilines is 1. The summed E-state index contributed by atoms with van der Waals surface area (Å²) in [6.45, 7) is 3.56. The van der Waals surface area contributed by atoms with Crippen LogP contribution in [0.4, 0.5) is 10.5 Å². The molecule has 188 valence electrons. The summed E-state index contributed by atoms with van der Waals surface area (Å²) in [4.78, 5) is 42.9. The Morgan fingerprint density at radius 3 is 2.64 bits per heavy atom. The van der Waals surface area contributed by atoms with Crippen molar-refractivity contribution in [3.8, 4) is 0 Å². The van der Waals surface area contributed by atoms with Crippen molar-refractivity contribution < 1.29 is 23.9 Å². The van der Waals surface area contributed by atoms with Crippen molar-refractivity contribution in [3.63, 3.8) is 0 Å². The lowest BCUT2D eigenvalue weighted by Gasteiger charge is -2.30. The molecule has 2 aliphatic heterocycles. The molecule has 0 bridgehead atoms. The van der Waals surface area contributed by atoms with Gasteiger partial charge in [0.15, 0.2) is 0 Å². The largest absolute Gasteiger partial charge is 0.427 e. The third-order valence-electron chi connectivity index (χ3n) is 7.97. The number of carbonyl (C=O) groups is 3. The lowest BCUT2D eigenvalue weighted by molar-refractivity contribution is -0.143. The summed E-state index contributed by atoms with van der Waals surface area (Å²) >= 11 is 0. The Morgan fingerprint density at radius 1 is 1.17 bits per heavy atom. The van der Waals surface area contributed by atoms with Gasteiger partial charge in [0.2, 0.25) is 11.5 Å². The average Bonchev–Trinajstić information content (AvgIpc) is 3.61. The van der Waals surface area contributed by atoms with E-state index in [1.807, 2.05) is 53.4 Å². The first-order valence-electron chi connectivity index (χ1n) is 12.8. The molecule has 2 aliphatic carbocycles. The second kappa shape index (κ2) is 8.92. The lowest BCUT2D eigenvalue weighted by Crippen LogP contribution is -2.47. The molecule has 3 amide bonds. The Balaban J connectivity index is 1.20. The molecule has 8 nitrogen and oxygen atoms in total. The topological polar surface area (TPSA) is 88.2 Å². The van der Waals surface area contributed by atoms with E-state index in [-0.39, 0.29) is 18.5 Å². The number of amides is 3. The number of imide groups is 1. The predicted octanol–water partition coefficient (Wildman–Crippen LogP) is 3.44. The summed E-state index contributed by atoms with van der Waals surface area (Å²) in [5.74, 6) is -0.214. The molecule has 0 aromatic heterocycles. The number of nitrogens with one attached hydrogen (secondary N) is 1. The lowest BCUT2D eigenvalue weighted by atomic mass is 9.94. The van der Waals surface area contributed by atoms with Crippen LogP contribution in [-0.4, -0.2) is 59.5 Å². The summed E-state index contributed by atoms with van der Waals surface area (Å²) in [6, 6.07) is 16.0. The van der Waals surface area contributed by atoms with Crippen LogP contribution in [0.1, 0.15) is 42.9 Å². The van der Waals surface area contributed by atoms with Crippen LogP contribution in [-0.2, 0) is 37.6 Å². The fourth-order valence-corrected chi connectivity index (χ4v) is 5.60. The average molecular weight is 490 g/mol. The quantitative estimate of drug-likeness (QED) is 0.611. The number of hydrogen-bond acceptors (Lipinski definition) is 6. The first kappa shape index (κ1) is 23.0. The second-order valence-electron chi connectivity index (χ2n) is 10.4. The zero-order valence-electron chi connectivity index (χ0n) is 20.4. The molecule has 0 radical (unpaired) electrons. The number of nitrogens with zero attached hydrogens (tertiary/aromatic N) is 2. The molecule has 4 aliphatic rings. The van der Waals surface area contributed by atoms with Gasteiger partial charge in [-0.15, -0.1) is 0 Å². The third kappa shape index (κ3) is 4.03. The summed E-state index contributed by atoms with van der Waals surface area (Å²) in [7, 11) is 0. The van der Waals surface area contributed by atoms with Gasteiger partial charge in [-0.1, -0.05) is 36.4 Å². The van der Waals surface area contributed by atoms with Gasteiger partial charge in [-0.2, -0.15) is 0 Å². The smallest absolute Gasteiger partial charge is 0.418 e. The molecule has 6 rings (SSSR count). The van der Waals surface area contributed by atoms with E-state index in [0.29, 0.717) is 44.6 Å². The maximum atomic E-state index is 13.6. The second-order valence-corrected chi connectivity index (χ2v) is 10.4. The van der Waals surface area contributed by atoms with Gasteiger partial charge in [0.1, 0.15) is 6.54 Å². The summed E-state index contributed by atoms with van der Waals surface area (Å²) in [5.41, 5.74) is 2.36. The Kier molecular flexibility index (Phi) is 5.71. The summed E-state index contributed by atoms with van der Waals surface area (Å²) < 4.78 is 11.0. The number of benzene rings is 2. The summed E-state index contributed by atoms with van der Waals surface area (Å²) in [5, 5.41) is 3.42. The number of rotatable bonds is 8. The van der Waals surface area contributed by atoms with Crippen LogP contribution < -0.4 is 5.32 Å². The Morgan fingerprint density at radius 2 is 1.94 bits per heavy atom. The van der Waals surface area contributed by atoms with E-state index < -0.39 is 17.6 Å².